The zero-order valence-corrected chi connectivity index (χ0v) is 21.4. The fourth-order valence-corrected chi connectivity index (χ4v) is 4.25. The molecule has 3 aromatic heterocycles. The van der Waals surface area contributed by atoms with Gasteiger partial charge in [0.05, 0.1) is 15.6 Å². The number of hydrogen-bond donors (Lipinski definition) is 2. The summed E-state index contributed by atoms with van der Waals surface area (Å²) in [5.74, 6) is 0.406. The van der Waals surface area contributed by atoms with Crippen molar-refractivity contribution in [2.24, 2.45) is 0 Å². The molecule has 5 rings (SSSR count). The number of benzene rings is 2. The van der Waals surface area contributed by atoms with E-state index in [0.717, 1.165) is 10.0 Å². The van der Waals surface area contributed by atoms with Gasteiger partial charge in [-0.2, -0.15) is 0 Å². The van der Waals surface area contributed by atoms with Crippen molar-refractivity contribution in [1.82, 2.24) is 15.3 Å². The predicted molar refractivity (Wildman–Crippen MR) is 143 cm³/mol. The van der Waals surface area contributed by atoms with Crippen LogP contribution in [0.25, 0.3) is 33.9 Å². The second-order valence-electron chi connectivity index (χ2n) is 7.27. The normalized spacial score (nSPS) is 10.9. The number of fused-ring (bicyclic) bond motifs is 1. The third-order valence-corrected chi connectivity index (χ3v) is 6.33. The van der Waals surface area contributed by atoms with Gasteiger partial charge >= 0.3 is 0 Å². The number of anilines is 1. The highest BCUT2D eigenvalue weighted by atomic mass is 79.9. The van der Waals surface area contributed by atoms with Gasteiger partial charge in [-0.05, 0) is 76.7 Å². The first-order valence-corrected chi connectivity index (χ1v) is 12.0. The van der Waals surface area contributed by atoms with Crippen molar-refractivity contribution >= 4 is 79.2 Å². The fraction of sp³-hybridized carbons (Fsp3) is 0. The first-order valence-electron chi connectivity index (χ1n) is 10.1. The molecule has 7 nitrogen and oxygen atoms in total. The van der Waals surface area contributed by atoms with Crippen molar-refractivity contribution in [3.05, 3.63) is 87.3 Å². The van der Waals surface area contributed by atoms with Gasteiger partial charge in [-0.3, -0.25) is 15.1 Å². The molecule has 0 radical (unpaired) electrons. The minimum atomic E-state index is -0.515. The summed E-state index contributed by atoms with van der Waals surface area (Å²) in [5.41, 5.74) is 3.17. The van der Waals surface area contributed by atoms with Gasteiger partial charge in [0, 0.05) is 28.1 Å². The highest BCUT2D eigenvalue weighted by Gasteiger charge is 2.16. The minimum absolute atomic E-state index is 0.0689. The van der Waals surface area contributed by atoms with Crippen LogP contribution < -0.4 is 10.6 Å². The van der Waals surface area contributed by atoms with E-state index in [1.165, 1.54) is 6.07 Å². The Labute approximate surface area is 222 Å². The number of carbonyl (C=O) groups is 1. The summed E-state index contributed by atoms with van der Waals surface area (Å²) < 4.78 is 12.3. The molecule has 0 atom stereocenters. The molecule has 3 heterocycles. The summed E-state index contributed by atoms with van der Waals surface area (Å²) in [4.78, 5) is 21.3. The van der Waals surface area contributed by atoms with Crippen LogP contribution in [0.1, 0.15) is 10.6 Å². The van der Waals surface area contributed by atoms with Crippen LogP contribution in [0.2, 0.25) is 10.0 Å². The summed E-state index contributed by atoms with van der Waals surface area (Å²) in [6, 6.07) is 15.5. The SMILES string of the molecule is O=C(NC(=S)Nc1ccc2oc(-c3cncc(Br)c3)nc2c1)c1ccc(-c2cccc(Cl)c2Cl)o1. The lowest BCUT2D eigenvalue weighted by Gasteiger charge is -2.08. The van der Waals surface area contributed by atoms with E-state index in [2.05, 4.69) is 36.5 Å². The van der Waals surface area contributed by atoms with Gasteiger partial charge in [0.1, 0.15) is 11.3 Å². The molecule has 0 aliphatic carbocycles. The smallest absolute Gasteiger partial charge is 0.293 e. The molecule has 5 aromatic rings. The molecule has 0 saturated carbocycles. The number of carbonyl (C=O) groups excluding carboxylic acids is 1. The molecule has 0 spiro atoms. The van der Waals surface area contributed by atoms with E-state index in [4.69, 9.17) is 44.3 Å². The number of hydrogen-bond acceptors (Lipinski definition) is 6. The lowest BCUT2D eigenvalue weighted by molar-refractivity contribution is 0.0951. The first kappa shape index (κ1) is 23.5. The van der Waals surface area contributed by atoms with Crippen LogP contribution in [0, 0.1) is 0 Å². The van der Waals surface area contributed by atoms with Crippen LogP contribution in [-0.4, -0.2) is 21.0 Å². The van der Waals surface area contributed by atoms with E-state index in [0.29, 0.717) is 44.0 Å². The van der Waals surface area contributed by atoms with E-state index < -0.39 is 5.91 Å². The highest BCUT2D eigenvalue weighted by Crippen LogP contribution is 2.34. The molecule has 35 heavy (non-hydrogen) atoms. The Balaban J connectivity index is 1.28. The van der Waals surface area contributed by atoms with Crippen LogP contribution in [0.3, 0.4) is 0 Å². The number of nitrogens with zero attached hydrogens (tertiary/aromatic N) is 2. The summed E-state index contributed by atoms with van der Waals surface area (Å²) in [6.45, 7) is 0. The van der Waals surface area contributed by atoms with Crippen molar-refractivity contribution in [2.45, 2.75) is 0 Å². The van der Waals surface area contributed by atoms with Crippen molar-refractivity contribution in [2.75, 3.05) is 5.32 Å². The van der Waals surface area contributed by atoms with Crippen LogP contribution >= 0.6 is 51.3 Å². The lowest BCUT2D eigenvalue weighted by Crippen LogP contribution is -2.33. The summed E-state index contributed by atoms with van der Waals surface area (Å²) in [5, 5.41) is 6.38. The Hall–Kier alpha value is -3.24. The number of rotatable bonds is 4. The van der Waals surface area contributed by atoms with Crippen LogP contribution in [0.4, 0.5) is 5.69 Å². The molecular formula is C24H13BrCl2N4O3S. The zero-order chi connectivity index (χ0) is 24.5. The molecule has 1 amide bonds. The maximum absolute atomic E-state index is 12.6. The van der Waals surface area contributed by atoms with Gasteiger partial charge in [0.25, 0.3) is 5.91 Å². The van der Waals surface area contributed by atoms with Crippen molar-refractivity contribution in [3.8, 4) is 22.8 Å². The maximum atomic E-state index is 12.6. The molecule has 0 saturated heterocycles. The molecule has 2 aromatic carbocycles. The number of aromatic nitrogens is 2. The van der Waals surface area contributed by atoms with E-state index in [1.807, 2.05) is 6.07 Å². The Kier molecular flexibility index (Phi) is 6.57. The molecule has 2 N–H and O–H groups in total. The van der Waals surface area contributed by atoms with E-state index in [1.54, 1.807) is 54.9 Å². The molecule has 0 fully saturated rings. The molecule has 0 aliphatic rings. The van der Waals surface area contributed by atoms with E-state index in [9.17, 15) is 4.79 Å². The number of nitrogens with one attached hydrogen (secondary N) is 2. The number of pyridine rings is 1. The number of halogens is 3. The molecule has 0 aliphatic heterocycles. The van der Waals surface area contributed by atoms with Crippen LogP contribution in [-0.2, 0) is 0 Å². The molecule has 0 bridgehead atoms. The number of thiocarbonyl (C=S) groups is 1. The Bertz CT molecular complexity index is 1600. The van der Waals surface area contributed by atoms with Gasteiger partial charge in [0.2, 0.25) is 5.89 Å². The number of furan rings is 1. The third-order valence-electron chi connectivity index (χ3n) is 4.87. The number of amides is 1. The van der Waals surface area contributed by atoms with E-state index >= 15 is 0 Å². The van der Waals surface area contributed by atoms with Crippen molar-refractivity contribution in [3.63, 3.8) is 0 Å². The van der Waals surface area contributed by atoms with Crippen LogP contribution in [0.5, 0.6) is 0 Å². The fourth-order valence-electron chi connectivity index (χ4n) is 3.28. The highest BCUT2D eigenvalue weighted by molar-refractivity contribution is 9.10. The molecule has 11 heteroatoms. The third kappa shape index (κ3) is 5.08. The van der Waals surface area contributed by atoms with Gasteiger partial charge in [-0.1, -0.05) is 29.3 Å². The summed E-state index contributed by atoms with van der Waals surface area (Å²) >= 11 is 21.0. The second kappa shape index (κ2) is 9.79. The summed E-state index contributed by atoms with van der Waals surface area (Å²) in [6.07, 6.45) is 3.35. The standard InChI is InChI=1S/C24H13BrCl2N4O3S/c25-13-8-12(10-28-11-13)23-30-17-9-14(4-5-19(17)34-23)29-24(35)31-22(32)20-7-6-18(33-20)15-2-1-3-16(26)21(15)27/h1-11H,(H2,29,31,32,35). The zero-order valence-electron chi connectivity index (χ0n) is 17.5. The average molecular weight is 588 g/mol. The van der Waals surface area contributed by atoms with Gasteiger partial charge in [-0.25, -0.2) is 4.98 Å². The topological polar surface area (TPSA) is 93.2 Å². The van der Waals surface area contributed by atoms with E-state index in [-0.39, 0.29) is 10.9 Å². The Morgan fingerprint density at radius 2 is 1.89 bits per heavy atom. The van der Waals surface area contributed by atoms with Gasteiger partial charge in [0.15, 0.2) is 16.5 Å². The monoisotopic (exact) mass is 586 g/mol. The molecular weight excluding hydrogens is 575 g/mol. The summed E-state index contributed by atoms with van der Waals surface area (Å²) in [7, 11) is 0. The Morgan fingerprint density at radius 1 is 1.03 bits per heavy atom. The Morgan fingerprint density at radius 3 is 2.71 bits per heavy atom. The van der Waals surface area contributed by atoms with Crippen molar-refractivity contribution in [1.29, 1.82) is 0 Å². The average Bonchev–Trinajstić information content (AvgIpc) is 3.48. The quantitative estimate of drug-likeness (QED) is 0.212. The maximum Gasteiger partial charge on any atom is 0.293 e. The van der Waals surface area contributed by atoms with Crippen molar-refractivity contribution < 1.29 is 13.6 Å². The first-order chi connectivity index (χ1) is 16.9. The second-order valence-corrected chi connectivity index (χ2v) is 9.38. The molecule has 0 unspecified atom stereocenters. The minimum Gasteiger partial charge on any atom is -0.451 e. The largest absolute Gasteiger partial charge is 0.451 e. The van der Waals surface area contributed by atoms with Crippen LogP contribution in [0.15, 0.2) is 80.3 Å². The van der Waals surface area contributed by atoms with Gasteiger partial charge in [-0.15, -0.1) is 0 Å². The lowest BCUT2D eigenvalue weighted by atomic mass is 10.2. The predicted octanol–water partition coefficient (Wildman–Crippen LogP) is 7.35. The molecule has 174 valence electrons. The number of oxazole rings is 1. The van der Waals surface area contributed by atoms with Gasteiger partial charge < -0.3 is 14.2 Å².